The monoisotopic (exact) mass is 358 g/mol. The lowest BCUT2D eigenvalue weighted by Gasteiger charge is -2.52. The molecule has 1 aromatic rings. The highest BCUT2D eigenvalue weighted by Crippen LogP contribution is 2.53. The van der Waals surface area contributed by atoms with Crippen molar-refractivity contribution in [2.45, 2.75) is 76.2 Å². The van der Waals surface area contributed by atoms with E-state index in [1.54, 1.807) is 0 Å². The van der Waals surface area contributed by atoms with E-state index in [4.69, 9.17) is 9.47 Å². The molecule has 4 heteroatoms. The summed E-state index contributed by atoms with van der Waals surface area (Å²) in [5, 5.41) is 9.65. The molecule has 0 saturated heterocycles. The zero-order valence-corrected chi connectivity index (χ0v) is 15.5. The average molecular weight is 358 g/mol. The van der Waals surface area contributed by atoms with Crippen molar-refractivity contribution in [1.29, 1.82) is 0 Å². The molecule has 1 aromatic carbocycles. The average Bonchev–Trinajstić information content (AvgIpc) is 2.71. The Balaban J connectivity index is 1.34. The molecule has 0 heterocycles. The molecule has 1 N–H and O–H groups in total. The van der Waals surface area contributed by atoms with E-state index in [2.05, 4.69) is 0 Å². The molecule has 0 unspecified atom stereocenters. The fraction of sp³-hybridized carbons (Fsp3) is 0.682. The van der Waals surface area contributed by atoms with Crippen LogP contribution >= 0.6 is 0 Å². The van der Waals surface area contributed by atoms with Crippen molar-refractivity contribution in [2.75, 3.05) is 6.61 Å². The highest BCUT2D eigenvalue weighted by Gasteiger charge is 2.49. The number of hydrogen-bond acceptors (Lipinski definition) is 4. The molecule has 5 rings (SSSR count). The topological polar surface area (TPSA) is 55.8 Å². The number of carbonyl (C=O) groups excluding carboxylic acids is 1. The molecule has 0 spiro atoms. The van der Waals surface area contributed by atoms with Gasteiger partial charge in [-0.05, 0) is 81.0 Å². The molecule has 0 radical (unpaired) electrons. The van der Waals surface area contributed by atoms with E-state index in [-0.39, 0.29) is 22.9 Å². The summed E-state index contributed by atoms with van der Waals surface area (Å²) in [4.78, 5) is 12.3. The highest BCUT2D eigenvalue weighted by atomic mass is 16.5. The minimum absolute atomic E-state index is 0.0647. The molecule has 142 valence electrons. The van der Waals surface area contributed by atoms with Crippen LogP contribution in [0.2, 0.25) is 0 Å². The number of fused-ring (bicyclic) bond motifs is 3. The van der Waals surface area contributed by atoms with E-state index < -0.39 is 0 Å². The van der Waals surface area contributed by atoms with Crippen LogP contribution in [-0.2, 0) is 4.79 Å². The first kappa shape index (κ1) is 17.8. The Morgan fingerprint density at radius 2 is 1.50 bits per heavy atom. The Labute approximate surface area is 155 Å². The van der Waals surface area contributed by atoms with Gasteiger partial charge < -0.3 is 14.6 Å². The number of hydrogen-bond donors (Lipinski definition) is 1. The van der Waals surface area contributed by atoms with Crippen molar-refractivity contribution in [1.82, 2.24) is 0 Å². The van der Waals surface area contributed by atoms with Crippen molar-refractivity contribution in [2.24, 2.45) is 11.3 Å². The van der Waals surface area contributed by atoms with Gasteiger partial charge in [-0.15, -0.1) is 0 Å². The van der Waals surface area contributed by atoms with Crippen LogP contribution in [0.15, 0.2) is 24.3 Å². The molecule has 0 amide bonds. The molecule has 0 aliphatic heterocycles. The van der Waals surface area contributed by atoms with Crippen LogP contribution in [-0.4, -0.2) is 23.3 Å². The molecular weight excluding hydrogens is 328 g/mol. The largest absolute Gasteiger partial charge is 0.487 e. The van der Waals surface area contributed by atoms with E-state index in [0.717, 1.165) is 70.0 Å². The Bertz CT molecular complexity index is 606. The zero-order valence-electron chi connectivity index (χ0n) is 15.5. The number of carbonyl (C=O) groups is 1. The summed E-state index contributed by atoms with van der Waals surface area (Å²) in [5.74, 6) is 1.43. The predicted octanol–water partition coefficient (Wildman–Crippen LogP) is 4.64. The van der Waals surface area contributed by atoms with Gasteiger partial charge in [0.25, 0.3) is 0 Å². The van der Waals surface area contributed by atoms with E-state index in [1.807, 2.05) is 24.3 Å². The first-order valence-electron chi connectivity index (χ1n) is 10.2. The van der Waals surface area contributed by atoms with Crippen LogP contribution in [0.5, 0.6) is 11.5 Å². The molecule has 2 bridgehead atoms. The third-order valence-electron chi connectivity index (χ3n) is 6.98. The van der Waals surface area contributed by atoms with Crippen molar-refractivity contribution >= 4 is 5.97 Å². The number of rotatable bonds is 5. The lowest BCUT2D eigenvalue weighted by atomic mass is 9.59. The summed E-state index contributed by atoms with van der Waals surface area (Å²) in [6.07, 6.45) is 11.6. The van der Waals surface area contributed by atoms with Gasteiger partial charge in [-0.1, -0.05) is 19.3 Å². The van der Waals surface area contributed by atoms with Crippen LogP contribution in [0, 0.1) is 11.3 Å². The normalized spacial score (nSPS) is 31.6. The van der Waals surface area contributed by atoms with Gasteiger partial charge in [0.2, 0.25) is 0 Å². The minimum atomic E-state index is -0.0862. The van der Waals surface area contributed by atoms with Gasteiger partial charge in [0.15, 0.2) is 0 Å². The minimum Gasteiger partial charge on any atom is -0.487 e. The summed E-state index contributed by atoms with van der Waals surface area (Å²) in [7, 11) is 0. The number of esters is 1. The molecule has 4 aliphatic rings. The molecule has 4 fully saturated rings. The van der Waals surface area contributed by atoms with Gasteiger partial charge >= 0.3 is 5.97 Å². The highest BCUT2D eigenvalue weighted by molar-refractivity contribution is 5.75. The summed E-state index contributed by atoms with van der Waals surface area (Å²) in [5.41, 5.74) is 0.0828. The Morgan fingerprint density at radius 1 is 0.923 bits per heavy atom. The molecule has 4 saturated carbocycles. The van der Waals surface area contributed by atoms with Gasteiger partial charge in [-0.2, -0.15) is 0 Å². The van der Waals surface area contributed by atoms with Gasteiger partial charge in [-0.25, -0.2) is 0 Å². The Morgan fingerprint density at radius 3 is 2.08 bits per heavy atom. The summed E-state index contributed by atoms with van der Waals surface area (Å²) >= 11 is 0. The predicted molar refractivity (Wildman–Crippen MR) is 99.2 cm³/mol. The second kappa shape index (κ2) is 7.22. The van der Waals surface area contributed by atoms with Crippen LogP contribution in [0.1, 0.15) is 70.6 Å². The van der Waals surface area contributed by atoms with Gasteiger partial charge in [-0.3, -0.25) is 4.79 Å². The van der Waals surface area contributed by atoms with Crippen molar-refractivity contribution < 1.29 is 19.4 Å². The fourth-order valence-electron chi connectivity index (χ4n) is 4.98. The molecule has 0 aromatic heterocycles. The first-order valence-corrected chi connectivity index (χ1v) is 10.2. The Hall–Kier alpha value is -1.55. The van der Waals surface area contributed by atoms with Gasteiger partial charge in [0.05, 0.1) is 5.92 Å². The molecule has 4 nitrogen and oxygen atoms in total. The first-order chi connectivity index (χ1) is 12.6. The maximum Gasteiger partial charge on any atom is 0.314 e. The zero-order chi connectivity index (χ0) is 18.0. The van der Waals surface area contributed by atoms with Crippen molar-refractivity contribution in [3.63, 3.8) is 0 Å². The summed E-state index contributed by atoms with van der Waals surface area (Å²) in [6, 6.07) is 7.52. The molecular formula is C22H30O4. The van der Waals surface area contributed by atoms with E-state index in [9.17, 15) is 9.90 Å². The van der Waals surface area contributed by atoms with Gasteiger partial charge in [0.1, 0.15) is 17.1 Å². The van der Waals surface area contributed by atoms with Crippen molar-refractivity contribution in [3.8, 4) is 11.5 Å². The SMILES string of the molecule is O=C(Oc1ccc(OC23CCC(CO)(CC2)CC3)cc1)C1CCCCC1. The number of ether oxygens (including phenoxy) is 2. The quantitative estimate of drug-likeness (QED) is 0.615. The number of benzene rings is 1. The standard InChI is InChI=1S/C22H30O4/c23-16-21-10-13-22(14-11-21,15-12-21)26-19-8-6-18(7-9-19)25-20(24)17-4-2-1-3-5-17/h6-9,17,23H,1-5,10-16H2. The fourth-order valence-corrected chi connectivity index (χ4v) is 4.98. The summed E-state index contributed by atoms with van der Waals surface area (Å²) in [6.45, 7) is 0.310. The lowest BCUT2D eigenvalue weighted by Crippen LogP contribution is -2.50. The van der Waals surface area contributed by atoms with Crippen LogP contribution in [0.25, 0.3) is 0 Å². The molecule has 0 atom stereocenters. The van der Waals surface area contributed by atoms with Crippen LogP contribution in [0.3, 0.4) is 0 Å². The third-order valence-corrected chi connectivity index (χ3v) is 6.98. The van der Waals surface area contributed by atoms with Crippen molar-refractivity contribution in [3.05, 3.63) is 24.3 Å². The maximum absolute atomic E-state index is 12.3. The number of aliphatic hydroxyl groups is 1. The smallest absolute Gasteiger partial charge is 0.314 e. The van der Waals surface area contributed by atoms with Gasteiger partial charge in [0, 0.05) is 6.61 Å². The second-order valence-electron chi connectivity index (χ2n) is 8.67. The lowest BCUT2D eigenvalue weighted by molar-refractivity contribution is -0.140. The summed E-state index contributed by atoms with van der Waals surface area (Å²) < 4.78 is 11.9. The van der Waals surface area contributed by atoms with E-state index in [0.29, 0.717) is 12.4 Å². The second-order valence-corrected chi connectivity index (χ2v) is 8.67. The number of aliphatic hydroxyl groups excluding tert-OH is 1. The Kier molecular flexibility index (Phi) is 4.96. The third kappa shape index (κ3) is 3.62. The van der Waals surface area contributed by atoms with E-state index >= 15 is 0 Å². The maximum atomic E-state index is 12.3. The molecule has 4 aliphatic carbocycles. The van der Waals surface area contributed by atoms with E-state index in [1.165, 1.54) is 6.42 Å². The molecule has 26 heavy (non-hydrogen) atoms. The van der Waals surface area contributed by atoms with Crippen LogP contribution < -0.4 is 9.47 Å². The van der Waals surface area contributed by atoms with Crippen LogP contribution in [0.4, 0.5) is 0 Å².